The molecule has 3 aromatic carbocycles. The summed E-state index contributed by atoms with van der Waals surface area (Å²) in [5, 5.41) is 7.91. The van der Waals surface area contributed by atoms with Gasteiger partial charge in [0.1, 0.15) is 18.4 Å². The molecule has 1 saturated carbocycles. The van der Waals surface area contributed by atoms with Crippen molar-refractivity contribution in [3.8, 4) is 5.75 Å². The van der Waals surface area contributed by atoms with Crippen LogP contribution < -0.4 is 20.7 Å². The predicted molar refractivity (Wildman–Crippen MR) is 153 cm³/mol. The van der Waals surface area contributed by atoms with Crippen molar-refractivity contribution in [2.24, 2.45) is 5.92 Å². The highest BCUT2D eigenvalue weighted by Crippen LogP contribution is 2.32. The molecule has 2 heterocycles. The second-order valence-electron chi connectivity index (χ2n) is 10.8. The van der Waals surface area contributed by atoms with Crippen molar-refractivity contribution in [1.29, 1.82) is 0 Å². The number of ketones is 1. The topological polar surface area (TPSA) is 134 Å². The Bertz CT molecular complexity index is 1560. The lowest BCUT2D eigenvalue weighted by atomic mass is 10.0. The van der Waals surface area contributed by atoms with Crippen LogP contribution in [0.15, 0.2) is 66.7 Å². The molecule has 214 valence electrons. The van der Waals surface area contributed by atoms with Crippen LogP contribution in [0.5, 0.6) is 5.75 Å². The molecule has 0 aromatic heterocycles. The van der Waals surface area contributed by atoms with Gasteiger partial charge < -0.3 is 20.3 Å². The number of hydrogen-bond donors (Lipinski definition) is 3. The van der Waals surface area contributed by atoms with Crippen LogP contribution in [0, 0.1) is 5.92 Å². The Balaban J connectivity index is 0.967. The lowest BCUT2D eigenvalue weighted by Gasteiger charge is -2.29. The first-order chi connectivity index (χ1) is 20.3. The van der Waals surface area contributed by atoms with E-state index in [1.807, 2.05) is 30.3 Å². The molecule has 0 spiro atoms. The summed E-state index contributed by atoms with van der Waals surface area (Å²) in [5.74, 6) is 0.0690. The zero-order chi connectivity index (χ0) is 29.2. The first-order valence-electron chi connectivity index (χ1n) is 14.0. The molecule has 6 rings (SSSR count). The number of hydrogen-bond acceptors (Lipinski definition) is 6. The maximum absolute atomic E-state index is 12.9. The highest BCUT2D eigenvalue weighted by atomic mass is 16.5. The number of piperidine rings is 1. The molecular weight excluding hydrogens is 536 g/mol. The SMILES string of the molecule is O=C1CCC(N2Cc3cc(CNC(=O)Nc4ccc(OCc5ccc(C(=O)C6CC6)cc5)cc4)ccc3C2=O)C(=O)N1. The third-order valence-electron chi connectivity index (χ3n) is 7.75. The van der Waals surface area contributed by atoms with Crippen molar-refractivity contribution >= 4 is 35.2 Å². The van der Waals surface area contributed by atoms with Gasteiger partial charge in [-0.3, -0.25) is 24.5 Å². The first kappa shape index (κ1) is 27.2. The summed E-state index contributed by atoms with van der Waals surface area (Å²) in [5.41, 5.74) is 4.43. The molecule has 42 heavy (non-hydrogen) atoms. The van der Waals surface area contributed by atoms with Crippen molar-refractivity contribution in [2.75, 3.05) is 5.32 Å². The summed E-state index contributed by atoms with van der Waals surface area (Å²) in [4.78, 5) is 62.7. The summed E-state index contributed by atoms with van der Waals surface area (Å²) in [6, 6.07) is 18.8. The second kappa shape index (κ2) is 11.5. The number of benzene rings is 3. The molecule has 3 N–H and O–H groups in total. The zero-order valence-electron chi connectivity index (χ0n) is 22.9. The standard InChI is InChI=1S/C32H30N4O6/c37-28-14-13-27(30(39)35-28)36-17-23-15-20(3-12-26(23)31(36)40)16-33-32(41)34-24-8-10-25(11-9-24)42-18-19-1-4-21(5-2-19)29(38)22-6-7-22/h1-5,8-12,15,22,27H,6-7,13-14,16-18H2,(H2,33,34,41)(H,35,37,39). The van der Waals surface area contributed by atoms with E-state index in [0.29, 0.717) is 30.0 Å². The van der Waals surface area contributed by atoms with Gasteiger partial charge in [-0.15, -0.1) is 0 Å². The number of urea groups is 1. The Morgan fingerprint density at radius 1 is 0.905 bits per heavy atom. The zero-order valence-corrected chi connectivity index (χ0v) is 22.9. The van der Waals surface area contributed by atoms with E-state index in [4.69, 9.17) is 4.74 Å². The molecule has 2 fully saturated rings. The van der Waals surface area contributed by atoms with Crippen molar-refractivity contribution in [3.05, 3.63) is 94.5 Å². The van der Waals surface area contributed by atoms with E-state index >= 15 is 0 Å². The number of fused-ring (bicyclic) bond motifs is 1. The number of carbonyl (C=O) groups excluding carboxylic acids is 5. The fraction of sp³-hybridized carbons (Fsp3) is 0.281. The maximum Gasteiger partial charge on any atom is 0.319 e. The number of amides is 5. The number of anilines is 1. The highest BCUT2D eigenvalue weighted by Gasteiger charge is 2.39. The quantitative estimate of drug-likeness (QED) is 0.265. The highest BCUT2D eigenvalue weighted by molar-refractivity contribution is 6.05. The Morgan fingerprint density at radius 3 is 2.36 bits per heavy atom. The van der Waals surface area contributed by atoms with Gasteiger partial charge >= 0.3 is 6.03 Å². The Kier molecular flexibility index (Phi) is 7.43. The van der Waals surface area contributed by atoms with Gasteiger partial charge in [0.05, 0.1) is 0 Å². The molecule has 2 aliphatic heterocycles. The van der Waals surface area contributed by atoms with Crippen LogP contribution >= 0.6 is 0 Å². The summed E-state index contributed by atoms with van der Waals surface area (Å²) < 4.78 is 5.84. The van der Waals surface area contributed by atoms with Crippen LogP contribution in [0.1, 0.15) is 63.1 Å². The lowest BCUT2D eigenvalue weighted by Crippen LogP contribution is -2.52. The molecule has 0 bridgehead atoms. The smallest absolute Gasteiger partial charge is 0.319 e. The van der Waals surface area contributed by atoms with E-state index < -0.39 is 11.9 Å². The minimum atomic E-state index is -0.665. The van der Waals surface area contributed by atoms with E-state index in [0.717, 1.165) is 35.1 Å². The van der Waals surface area contributed by atoms with Gasteiger partial charge in [0.2, 0.25) is 11.8 Å². The van der Waals surface area contributed by atoms with Gasteiger partial charge in [0, 0.05) is 42.2 Å². The third-order valence-corrected chi connectivity index (χ3v) is 7.75. The average Bonchev–Trinajstić information content (AvgIpc) is 3.79. The van der Waals surface area contributed by atoms with Crippen molar-refractivity contribution in [2.45, 2.75) is 51.4 Å². The monoisotopic (exact) mass is 566 g/mol. The fourth-order valence-corrected chi connectivity index (χ4v) is 5.24. The van der Waals surface area contributed by atoms with Crippen molar-refractivity contribution in [1.82, 2.24) is 15.5 Å². The molecule has 1 aliphatic carbocycles. The third kappa shape index (κ3) is 6.02. The molecule has 3 aliphatic rings. The lowest BCUT2D eigenvalue weighted by molar-refractivity contribution is -0.136. The van der Waals surface area contributed by atoms with Crippen LogP contribution in [0.2, 0.25) is 0 Å². The summed E-state index contributed by atoms with van der Waals surface area (Å²) >= 11 is 0. The van der Waals surface area contributed by atoms with Gasteiger partial charge in [0.25, 0.3) is 5.91 Å². The molecule has 10 heteroatoms. The van der Waals surface area contributed by atoms with Gasteiger partial charge in [-0.1, -0.05) is 36.4 Å². The van der Waals surface area contributed by atoms with Crippen LogP contribution in [-0.2, 0) is 29.3 Å². The molecule has 1 atom stereocenters. The number of rotatable bonds is 9. The predicted octanol–water partition coefficient (Wildman–Crippen LogP) is 3.94. The second-order valence-corrected chi connectivity index (χ2v) is 10.8. The largest absolute Gasteiger partial charge is 0.489 e. The van der Waals surface area contributed by atoms with Crippen LogP contribution in [-0.4, -0.2) is 40.5 Å². The maximum atomic E-state index is 12.9. The molecule has 1 saturated heterocycles. The Labute approximate surface area is 242 Å². The molecule has 0 radical (unpaired) electrons. The first-order valence-corrected chi connectivity index (χ1v) is 14.0. The number of ether oxygens (including phenoxy) is 1. The minimum Gasteiger partial charge on any atom is -0.489 e. The number of nitrogens with zero attached hydrogens (tertiary/aromatic N) is 1. The minimum absolute atomic E-state index is 0.201. The summed E-state index contributed by atoms with van der Waals surface area (Å²) in [7, 11) is 0. The molecule has 5 amide bonds. The average molecular weight is 567 g/mol. The number of imide groups is 1. The molecular formula is C32H30N4O6. The van der Waals surface area contributed by atoms with Crippen LogP contribution in [0.3, 0.4) is 0 Å². The Morgan fingerprint density at radius 2 is 1.64 bits per heavy atom. The van der Waals surface area contributed by atoms with E-state index in [-0.39, 0.29) is 49.1 Å². The number of carbonyl (C=O) groups is 5. The number of Topliss-reactive ketones (excluding diaryl/α,β-unsaturated/α-hetero) is 1. The van der Waals surface area contributed by atoms with Crippen LogP contribution in [0.25, 0.3) is 0 Å². The normalized spacial score (nSPS) is 17.9. The molecule has 3 aromatic rings. The van der Waals surface area contributed by atoms with E-state index in [9.17, 15) is 24.0 Å². The van der Waals surface area contributed by atoms with Gasteiger partial charge in [-0.2, -0.15) is 0 Å². The Hall–Kier alpha value is -4.99. The fourth-order valence-electron chi connectivity index (χ4n) is 5.24. The van der Waals surface area contributed by atoms with Gasteiger partial charge in [0.15, 0.2) is 5.78 Å². The van der Waals surface area contributed by atoms with Crippen molar-refractivity contribution in [3.63, 3.8) is 0 Å². The van der Waals surface area contributed by atoms with E-state index in [1.165, 1.54) is 4.90 Å². The van der Waals surface area contributed by atoms with Crippen LogP contribution in [0.4, 0.5) is 10.5 Å². The molecule has 10 nitrogen and oxygen atoms in total. The summed E-state index contributed by atoms with van der Waals surface area (Å²) in [6.45, 7) is 0.890. The van der Waals surface area contributed by atoms with E-state index in [1.54, 1.807) is 36.4 Å². The van der Waals surface area contributed by atoms with E-state index in [2.05, 4.69) is 16.0 Å². The van der Waals surface area contributed by atoms with Gasteiger partial charge in [-0.25, -0.2) is 4.79 Å². The molecule has 1 unspecified atom stereocenters. The van der Waals surface area contributed by atoms with Crippen molar-refractivity contribution < 1.29 is 28.7 Å². The summed E-state index contributed by atoms with van der Waals surface area (Å²) in [6.07, 6.45) is 2.49. The number of nitrogens with one attached hydrogen (secondary N) is 3. The van der Waals surface area contributed by atoms with Gasteiger partial charge in [-0.05, 0) is 66.3 Å².